The van der Waals surface area contributed by atoms with Crippen LogP contribution in [0.1, 0.15) is 42.3 Å². The Morgan fingerprint density at radius 2 is 1.81 bits per heavy atom. The van der Waals surface area contributed by atoms with Crippen LogP contribution < -0.4 is 0 Å². The molecule has 6 heteroatoms. The van der Waals surface area contributed by atoms with Gasteiger partial charge in [-0.25, -0.2) is 0 Å². The number of aryl methyl sites for hydroxylation is 1. The summed E-state index contributed by atoms with van der Waals surface area (Å²) in [6, 6.07) is 9.55. The van der Waals surface area contributed by atoms with E-state index in [0.29, 0.717) is 5.41 Å². The summed E-state index contributed by atoms with van der Waals surface area (Å²) in [6.45, 7) is 9.73. The summed E-state index contributed by atoms with van der Waals surface area (Å²) in [4.78, 5) is 16.9. The molecule has 1 aromatic carbocycles. The number of amides is 1. The second-order valence-corrected chi connectivity index (χ2v) is 8.22. The van der Waals surface area contributed by atoms with E-state index >= 15 is 0 Å². The summed E-state index contributed by atoms with van der Waals surface area (Å²) in [5.41, 5.74) is 1.08. The van der Waals surface area contributed by atoms with Gasteiger partial charge in [0.2, 0.25) is 0 Å². The molecule has 1 amide bonds. The van der Waals surface area contributed by atoms with E-state index in [4.69, 9.17) is 0 Å². The smallest absolute Gasteiger partial charge is 0.253 e. The van der Waals surface area contributed by atoms with Crippen LogP contribution in [0.15, 0.2) is 30.3 Å². The van der Waals surface area contributed by atoms with E-state index in [1.165, 1.54) is 6.42 Å². The SMILES string of the molecule is CC1(C)CCc2nnc(CN3CCN(C(=O)c4ccccc4)CC3)n2C1. The Kier molecular flexibility index (Phi) is 4.53. The number of benzene rings is 1. The monoisotopic (exact) mass is 353 g/mol. The summed E-state index contributed by atoms with van der Waals surface area (Å²) in [5, 5.41) is 8.84. The molecule has 0 radical (unpaired) electrons. The second kappa shape index (κ2) is 6.83. The molecule has 3 heterocycles. The van der Waals surface area contributed by atoms with Crippen molar-refractivity contribution in [1.29, 1.82) is 0 Å². The van der Waals surface area contributed by atoms with Gasteiger partial charge in [-0.05, 0) is 24.0 Å². The minimum absolute atomic E-state index is 0.131. The summed E-state index contributed by atoms with van der Waals surface area (Å²) in [6.07, 6.45) is 2.19. The van der Waals surface area contributed by atoms with Crippen molar-refractivity contribution in [3.8, 4) is 0 Å². The van der Waals surface area contributed by atoms with Gasteiger partial charge in [-0.15, -0.1) is 10.2 Å². The van der Waals surface area contributed by atoms with Gasteiger partial charge in [0.15, 0.2) is 0 Å². The highest BCUT2D eigenvalue weighted by Crippen LogP contribution is 2.30. The summed E-state index contributed by atoms with van der Waals surface area (Å²) >= 11 is 0. The van der Waals surface area contributed by atoms with Crippen molar-refractivity contribution in [3.63, 3.8) is 0 Å². The van der Waals surface area contributed by atoms with Crippen molar-refractivity contribution in [1.82, 2.24) is 24.6 Å². The van der Waals surface area contributed by atoms with E-state index in [2.05, 4.69) is 33.5 Å². The molecule has 0 aliphatic carbocycles. The predicted octanol–water partition coefficient (Wildman–Crippen LogP) is 2.21. The molecule has 0 bridgehead atoms. The first-order valence-electron chi connectivity index (χ1n) is 9.49. The van der Waals surface area contributed by atoms with Crippen molar-refractivity contribution < 1.29 is 4.79 Å². The normalized spacial score (nSPS) is 20.0. The average Bonchev–Trinajstić information content (AvgIpc) is 3.03. The van der Waals surface area contributed by atoms with Crippen LogP contribution in [-0.4, -0.2) is 56.7 Å². The minimum Gasteiger partial charge on any atom is -0.336 e. The first-order valence-corrected chi connectivity index (χ1v) is 9.49. The Bertz CT molecular complexity index is 775. The third kappa shape index (κ3) is 3.51. The maximum Gasteiger partial charge on any atom is 0.253 e. The molecule has 1 fully saturated rings. The predicted molar refractivity (Wildman–Crippen MR) is 99.7 cm³/mol. The van der Waals surface area contributed by atoms with Gasteiger partial charge in [-0.2, -0.15) is 0 Å². The molecule has 0 atom stereocenters. The number of carbonyl (C=O) groups excluding carboxylic acids is 1. The van der Waals surface area contributed by atoms with E-state index < -0.39 is 0 Å². The highest BCUT2D eigenvalue weighted by Gasteiger charge is 2.29. The van der Waals surface area contributed by atoms with Crippen molar-refractivity contribution in [3.05, 3.63) is 47.5 Å². The molecule has 26 heavy (non-hydrogen) atoms. The summed E-state index contributed by atoms with van der Waals surface area (Å²) in [5.74, 6) is 2.32. The van der Waals surface area contributed by atoms with Crippen LogP contribution in [0.5, 0.6) is 0 Å². The topological polar surface area (TPSA) is 54.3 Å². The van der Waals surface area contributed by atoms with Crippen LogP contribution in [-0.2, 0) is 19.5 Å². The van der Waals surface area contributed by atoms with Gasteiger partial charge >= 0.3 is 0 Å². The van der Waals surface area contributed by atoms with E-state index in [9.17, 15) is 4.79 Å². The van der Waals surface area contributed by atoms with Gasteiger partial charge in [0.1, 0.15) is 11.6 Å². The fourth-order valence-corrected chi connectivity index (χ4v) is 3.89. The lowest BCUT2D eigenvalue weighted by atomic mass is 9.85. The molecular weight excluding hydrogens is 326 g/mol. The van der Waals surface area contributed by atoms with Crippen LogP contribution in [0.25, 0.3) is 0 Å². The van der Waals surface area contributed by atoms with Gasteiger partial charge in [-0.3, -0.25) is 9.69 Å². The largest absolute Gasteiger partial charge is 0.336 e. The number of nitrogens with zero attached hydrogens (tertiary/aromatic N) is 5. The molecule has 0 spiro atoms. The van der Waals surface area contributed by atoms with E-state index in [1.54, 1.807) is 0 Å². The zero-order valence-electron chi connectivity index (χ0n) is 15.7. The number of fused-ring (bicyclic) bond motifs is 1. The molecular formula is C20H27N5O. The van der Waals surface area contributed by atoms with Crippen LogP contribution in [0, 0.1) is 5.41 Å². The molecule has 2 aliphatic rings. The third-order valence-electron chi connectivity index (χ3n) is 5.56. The van der Waals surface area contributed by atoms with E-state index in [-0.39, 0.29) is 5.91 Å². The van der Waals surface area contributed by atoms with E-state index in [1.807, 2.05) is 35.2 Å². The molecule has 2 aromatic rings. The molecule has 0 saturated carbocycles. The molecule has 1 aromatic heterocycles. The Hall–Kier alpha value is -2.21. The van der Waals surface area contributed by atoms with Gasteiger partial charge < -0.3 is 9.47 Å². The quantitative estimate of drug-likeness (QED) is 0.849. The van der Waals surface area contributed by atoms with Crippen LogP contribution in [0.3, 0.4) is 0 Å². The number of hydrogen-bond donors (Lipinski definition) is 0. The maximum atomic E-state index is 12.6. The van der Waals surface area contributed by atoms with E-state index in [0.717, 1.165) is 62.9 Å². The number of aromatic nitrogens is 3. The number of piperazine rings is 1. The Morgan fingerprint density at radius 3 is 2.54 bits per heavy atom. The fraction of sp³-hybridized carbons (Fsp3) is 0.550. The van der Waals surface area contributed by atoms with Crippen molar-refractivity contribution >= 4 is 5.91 Å². The van der Waals surface area contributed by atoms with Crippen molar-refractivity contribution in [2.45, 2.75) is 39.8 Å². The van der Waals surface area contributed by atoms with Crippen molar-refractivity contribution in [2.24, 2.45) is 5.41 Å². The van der Waals surface area contributed by atoms with Crippen LogP contribution in [0.2, 0.25) is 0 Å². The summed E-state index contributed by atoms with van der Waals surface area (Å²) in [7, 11) is 0. The minimum atomic E-state index is 0.131. The molecule has 4 rings (SSSR count). The van der Waals surface area contributed by atoms with Gasteiger partial charge in [-0.1, -0.05) is 32.0 Å². The zero-order chi connectivity index (χ0) is 18.1. The third-order valence-corrected chi connectivity index (χ3v) is 5.56. The Labute approximate surface area is 154 Å². The molecule has 2 aliphatic heterocycles. The Balaban J connectivity index is 1.37. The highest BCUT2D eigenvalue weighted by molar-refractivity contribution is 5.94. The van der Waals surface area contributed by atoms with Crippen LogP contribution in [0.4, 0.5) is 0 Å². The number of rotatable bonds is 3. The number of carbonyl (C=O) groups is 1. The van der Waals surface area contributed by atoms with Gasteiger partial charge in [0, 0.05) is 44.7 Å². The van der Waals surface area contributed by atoms with Crippen molar-refractivity contribution in [2.75, 3.05) is 26.2 Å². The molecule has 0 N–H and O–H groups in total. The second-order valence-electron chi connectivity index (χ2n) is 8.22. The first-order chi connectivity index (χ1) is 12.5. The molecule has 0 unspecified atom stereocenters. The lowest BCUT2D eigenvalue weighted by Crippen LogP contribution is -2.48. The average molecular weight is 353 g/mol. The highest BCUT2D eigenvalue weighted by atomic mass is 16.2. The van der Waals surface area contributed by atoms with Gasteiger partial charge in [0.25, 0.3) is 5.91 Å². The lowest BCUT2D eigenvalue weighted by molar-refractivity contribution is 0.0622. The summed E-state index contributed by atoms with van der Waals surface area (Å²) < 4.78 is 2.31. The fourth-order valence-electron chi connectivity index (χ4n) is 3.89. The van der Waals surface area contributed by atoms with Gasteiger partial charge in [0.05, 0.1) is 6.54 Å². The van der Waals surface area contributed by atoms with Crippen LogP contribution >= 0.6 is 0 Å². The number of hydrogen-bond acceptors (Lipinski definition) is 4. The standard InChI is InChI=1S/C20H27N5O/c1-20(2)9-8-17-21-22-18(25(17)15-20)14-23-10-12-24(13-11-23)19(26)16-6-4-3-5-7-16/h3-7H,8-15H2,1-2H3. The molecule has 138 valence electrons. The molecule has 1 saturated heterocycles. The Morgan fingerprint density at radius 1 is 1.08 bits per heavy atom. The first kappa shape index (κ1) is 17.2. The zero-order valence-corrected chi connectivity index (χ0v) is 15.7. The lowest BCUT2D eigenvalue weighted by Gasteiger charge is -2.35. The molecule has 6 nitrogen and oxygen atoms in total. The maximum absolute atomic E-state index is 12.6.